The molecule has 8 nitrogen and oxygen atoms in total. The van der Waals surface area contributed by atoms with Crippen molar-refractivity contribution < 1.29 is 4.79 Å². The number of para-hydroxylation sites is 1. The standard InChI is InChI=1S/C19H19N7O/c1-23-12-15(14-4-2-3-5-16(14)23)18(27)25-10-8-24(9-11-25)17-6-7-20-19-22-21-13-26(17)19/h2-7,12-13H,8-11H2,1H3. The van der Waals surface area contributed by atoms with Crippen molar-refractivity contribution >= 4 is 28.4 Å². The molecule has 136 valence electrons. The van der Waals surface area contributed by atoms with E-state index in [1.54, 1.807) is 12.5 Å². The quantitative estimate of drug-likeness (QED) is 0.542. The third-order valence-electron chi connectivity index (χ3n) is 5.21. The number of aromatic nitrogens is 5. The maximum Gasteiger partial charge on any atom is 0.256 e. The summed E-state index contributed by atoms with van der Waals surface area (Å²) < 4.78 is 3.89. The molecular weight excluding hydrogens is 342 g/mol. The number of carbonyl (C=O) groups excluding carboxylic acids is 1. The van der Waals surface area contributed by atoms with Gasteiger partial charge >= 0.3 is 0 Å². The Kier molecular flexibility index (Phi) is 3.56. The minimum atomic E-state index is 0.0932. The summed E-state index contributed by atoms with van der Waals surface area (Å²) in [6, 6.07) is 9.98. The molecule has 0 bridgehead atoms. The van der Waals surface area contributed by atoms with E-state index in [1.807, 2.05) is 57.4 Å². The van der Waals surface area contributed by atoms with Gasteiger partial charge in [0.2, 0.25) is 0 Å². The Morgan fingerprint density at radius 2 is 1.89 bits per heavy atom. The van der Waals surface area contributed by atoms with Gasteiger partial charge in [0.1, 0.15) is 12.1 Å². The second kappa shape index (κ2) is 6.08. The number of anilines is 1. The Labute approximate surface area is 155 Å². The molecule has 8 heteroatoms. The molecule has 27 heavy (non-hydrogen) atoms. The molecule has 0 unspecified atom stereocenters. The molecule has 1 saturated heterocycles. The van der Waals surface area contributed by atoms with Crippen molar-refractivity contribution in [3.8, 4) is 0 Å². The van der Waals surface area contributed by atoms with Crippen molar-refractivity contribution in [3.63, 3.8) is 0 Å². The predicted octanol–water partition coefficient (Wildman–Crippen LogP) is 1.58. The molecule has 5 rings (SSSR count). The highest BCUT2D eigenvalue weighted by Crippen LogP contribution is 2.23. The normalized spacial score (nSPS) is 15.0. The number of carbonyl (C=O) groups is 1. The largest absolute Gasteiger partial charge is 0.354 e. The monoisotopic (exact) mass is 361 g/mol. The smallest absolute Gasteiger partial charge is 0.256 e. The van der Waals surface area contributed by atoms with Crippen molar-refractivity contribution in [1.82, 2.24) is 29.0 Å². The van der Waals surface area contributed by atoms with Crippen LogP contribution in [0.15, 0.2) is 49.1 Å². The van der Waals surface area contributed by atoms with E-state index in [0.717, 1.165) is 35.4 Å². The summed E-state index contributed by atoms with van der Waals surface area (Å²) in [5.74, 6) is 1.68. The molecule has 0 radical (unpaired) electrons. The fraction of sp³-hybridized carbons (Fsp3) is 0.263. The van der Waals surface area contributed by atoms with E-state index in [2.05, 4.69) is 20.1 Å². The van der Waals surface area contributed by atoms with E-state index < -0.39 is 0 Å². The number of aryl methyl sites for hydroxylation is 1. The molecule has 0 aliphatic carbocycles. The number of piperazine rings is 1. The Bertz CT molecular complexity index is 1140. The lowest BCUT2D eigenvalue weighted by atomic mass is 10.1. The highest BCUT2D eigenvalue weighted by molar-refractivity contribution is 6.07. The number of amides is 1. The number of rotatable bonds is 2. The fourth-order valence-electron chi connectivity index (χ4n) is 3.81. The van der Waals surface area contributed by atoms with Crippen molar-refractivity contribution in [2.24, 2.45) is 7.05 Å². The summed E-state index contributed by atoms with van der Waals surface area (Å²) in [5, 5.41) is 8.93. The summed E-state index contributed by atoms with van der Waals surface area (Å²) >= 11 is 0. The summed E-state index contributed by atoms with van der Waals surface area (Å²) in [6.45, 7) is 2.86. The Morgan fingerprint density at radius 3 is 2.74 bits per heavy atom. The van der Waals surface area contributed by atoms with Crippen molar-refractivity contribution in [3.05, 3.63) is 54.6 Å². The SMILES string of the molecule is Cn1cc(C(=O)N2CCN(c3ccnc4nncn34)CC2)c2ccccc21. The van der Waals surface area contributed by atoms with Crippen LogP contribution in [-0.2, 0) is 7.05 Å². The molecule has 0 spiro atoms. The van der Waals surface area contributed by atoms with E-state index in [9.17, 15) is 4.79 Å². The summed E-state index contributed by atoms with van der Waals surface area (Å²) in [7, 11) is 1.98. The van der Waals surface area contributed by atoms with Crippen LogP contribution in [0.5, 0.6) is 0 Å². The van der Waals surface area contributed by atoms with Gasteiger partial charge in [0.05, 0.1) is 5.56 Å². The molecular formula is C19H19N7O. The second-order valence-electron chi connectivity index (χ2n) is 6.75. The molecule has 0 saturated carbocycles. The van der Waals surface area contributed by atoms with Crippen LogP contribution in [0.1, 0.15) is 10.4 Å². The molecule has 1 aromatic carbocycles. The zero-order valence-electron chi connectivity index (χ0n) is 15.0. The van der Waals surface area contributed by atoms with Crippen molar-refractivity contribution in [1.29, 1.82) is 0 Å². The van der Waals surface area contributed by atoms with Gasteiger partial charge in [0, 0.05) is 56.5 Å². The number of hydrogen-bond donors (Lipinski definition) is 0. The zero-order valence-corrected chi connectivity index (χ0v) is 15.0. The topological polar surface area (TPSA) is 71.6 Å². The fourth-order valence-corrected chi connectivity index (χ4v) is 3.81. The first-order chi connectivity index (χ1) is 13.2. The minimum Gasteiger partial charge on any atom is -0.354 e. The van der Waals surface area contributed by atoms with Gasteiger partial charge in [-0.25, -0.2) is 4.98 Å². The molecule has 1 amide bonds. The van der Waals surface area contributed by atoms with Gasteiger partial charge in [-0.15, -0.1) is 10.2 Å². The van der Waals surface area contributed by atoms with Gasteiger partial charge in [-0.05, 0) is 12.1 Å². The Hall–Kier alpha value is -3.42. The maximum absolute atomic E-state index is 13.1. The Morgan fingerprint density at radius 1 is 1.07 bits per heavy atom. The van der Waals surface area contributed by atoms with Crippen LogP contribution in [0.3, 0.4) is 0 Å². The average Bonchev–Trinajstić information content (AvgIpc) is 3.32. The van der Waals surface area contributed by atoms with Crippen LogP contribution in [0, 0.1) is 0 Å². The molecule has 1 aliphatic heterocycles. The molecule has 1 fully saturated rings. The van der Waals surface area contributed by atoms with Gasteiger partial charge < -0.3 is 14.4 Å². The Balaban J connectivity index is 1.37. The third kappa shape index (κ3) is 2.52. The molecule has 1 aliphatic rings. The molecule has 4 heterocycles. The zero-order chi connectivity index (χ0) is 18.4. The highest BCUT2D eigenvalue weighted by Gasteiger charge is 2.25. The molecule has 4 aromatic rings. The van der Waals surface area contributed by atoms with Gasteiger partial charge in [-0.2, -0.15) is 0 Å². The lowest BCUT2D eigenvalue weighted by molar-refractivity contribution is 0.0748. The van der Waals surface area contributed by atoms with Gasteiger partial charge in [0.25, 0.3) is 11.7 Å². The van der Waals surface area contributed by atoms with Crippen LogP contribution in [0.2, 0.25) is 0 Å². The predicted molar refractivity (Wildman–Crippen MR) is 102 cm³/mol. The minimum absolute atomic E-state index is 0.0932. The van der Waals surface area contributed by atoms with Crippen LogP contribution >= 0.6 is 0 Å². The van der Waals surface area contributed by atoms with Crippen molar-refractivity contribution in [2.45, 2.75) is 0 Å². The van der Waals surface area contributed by atoms with Gasteiger partial charge in [0.15, 0.2) is 0 Å². The number of nitrogens with zero attached hydrogens (tertiary/aromatic N) is 7. The maximum atomic E-state index is 13.1. The van der Waals surface area contributed by atoms with E-state index in [0.29, 0.717) is 18.9 Å². The van der Waals surface area contributed by atoms with Gasteiger partial charge in [-0.1, -0.05) is 18.2 Å². The lowest BCUT2D eigenvalue weighted by Crippen LogP contribution is -2.49. The summed E-state index contributed by atoms with van der Waals surface area (Å²) in [4.78, 5) is 21.5. The first-order valence-electron chi connectivity index (χ1n) is 8.95. The summed E-state index contributed by atoms with van der Waals surface area (Å²) in [6.07, 6.45) is 5.35. The molecule has 0 N–H and O–H groups in total. The number of benzene rings is 1. The lowest BCUT2D eigenvalue weighted by Gasteiger charge is -2.36. The van der Waals surface area contributed by atoms with E-state index >= 15 is 0 Å². The highest BCUT2D eigenvalue weighted by atomic mass is 16.2. The van der Waals surface area contributed by atoms with Crippen LogP contribution in [0.4, 0.5) is 5.82 Å². The summed E-state index contributed by atoms with van der Waals surface area (Å²) in [5.41, 5.74) is 1.85. The van der Waals surface area contributed by atoms with Gasteiger partial charge in [-0.3, -0.25) is 9.20 Å². The average molecular weight is 361 g/mol. The van der Waals surface area contributed by atoms with Crippen LogP contribution in [0.25, 0.3) is 16.7 Å². The number of hydrogen-bond acceptors (Lipinski definition) is 5. The van der Waals surface area contributed by atoms with E-state index in [1.165, 1.54) is 0 Å². The first-order valence-corrected chi connectivity index (χ1v) is 8.95. The van der Waals surface area contributed by atoms with E-state index in [4.69, 9.17) is 0 Å². The van der Waals surface area contributed by atoms with E-state index in [-0.39, 0.29) is 5.91 Å². The second-order valence-corrected chi connectivity index (χ2v) is 6.75. The number of fused-ring (bicyclic) bond motifs is 2. The molecule has 3 aromatic heterocycles. The van der Waals surface area contributed by atoms with Crippen LogP contribution in [-0.4, -0.2) is 61.1 Å². The third-order valence-corrected chi connectivity index (χ3v) is 5.21. The van der Waals surface area contributed by atoms with Crippen molar-refractivity contribution in [2.75, 3.05) is 31.1 Å². The first kappa shape index (κ1) is 15.8. The van der Waals surface area contributed by atoms with Crippen LogP contribution < -0.4 is 4.90 Å². The molecule has 0 atom stereocenters.